The largest absolute Gasteiger partial charge is 0.379 e. The maximum atomic E-state index is 12.7. The van der Waals surface area contributed by atoms with E-state index in [0.29, 0.717) is 6.61 Å². The zero-order chi connectivity index (χ0) is 24.5. The third kappa shape index (κ3) is 9.36. The smallest absolute Gasteiger partial charge is 0.256 e. The van der Waals surface area contributed by atoms with Crippen LogP contribution in [0.1, 0.15) is 65.0 Å². The second-order valence-electron chi connectivity index (χ2n) is 9.49. The van der Waals surface area contributed by atoms with E-state index >= 15 is 0 Å². The van der Waals surface area contributed by atoms with Crippen LogP contribution in [0.4, 0.5) is 11.4 Å². The minimum absolute atomic E-state index is 0.0833. The van der Waals surface area contributed by atoms with Gasteiger partial charge in [-0.25, -0.2) is 0 Å². The van der Waals surface area contributed by atoms with Crippen molar-refractivity contribution in [3.8, 4) is 0 Å². The van der Waals surface area contributed by atoms with Gasteiger partial charge in [0.25, 0.3) is 5.91 Å². The van der Waals surface area contributed by atoms with Gasteiger partial charge in [-0.05, 0) is 88.8 Å². The Morgan fingerprint density at radius 1 is 0.818 bits per heavy atom. The molecular weight excluding hydrogens is 416 g/mol. The number of methoxy groups -OCH3 is 1. The average molecular weight is 455 g/mol. The van der Waals surface area contributed by atoms with Crippen LogP contribution in [-0.2, 0) is 25.5 Å². The van der Waals surface area contributed by atoms with Crippen molar-refractivity contribution in [2.75, 3.05) is 24.4 Å². The van der Waals surface area contributed by atoms with Crippen molar-refractivity contribution in [1.82, 2.24) is 0 Å². The van der Waals surface area contributed by atoms with Crippen molar-refractivity contribution in [3.05, 3.63) is 59.7 Å². The van der Waals surface area contributed by atoms with Crippen molar-refractivity contribution < 1.29 is 19.1 Å². The minimum Gasteiger partial charge on any atom is -0.379 e. The number of anilines is 2. The quantitative estimate of drug-likeness (QED) is 0.411. The molecule has 6 nitrogen and oxygen atoms in total. The standard InChI is InChI=1S/C27H38N2O4/c1-20(30)28-23-13-9-21(10-14-23)19-22-11-15-24(16-12-22)29-25(31)27(4,5)33-18-8-7-17-26(2,3)32-6/h9-16H,7-8,17-19H2,1-6H3,(H,28,30)(H,29,31). The molecule has 0 saturated heterocycles. The molecule has 0 atom stereocenters. The number of hydrogen-bond donors (Lipinski definition) is 2. The molecule has 2 amide bonds. The fraction of sp³-hybridized carbons (Fsp3) is 0.481. The van der Waals surface area contributed by atoms with E-state index < -0.39 is 5.60 Å². The molecule has 0 aliphatic carbocycles. The summed E-state index contributed by atoms with van der Waals surface area (Å²) in [6.45, 7) is 9.74. The van der Waals surface area contributed by atoms with Crippen LogP contribution < -0.4 is 10.6 Å². The Bertz CT molecular complexity index is 903. The van der Waals surface area contributed by atoms with Crippen molar-refractivity contribution in [1.29, 1.82) is 0 Å². The molecule has 0 aliphatic rings. The molecule has 0 bridgehead atoms. The predicted octanol–water partition coefficient (Wildman–Crippen LogP) is 5.56. The van der Waals surface area contributed by atoms with E-state index in [0.717, 1.165) is 48.2 Å². The molecule has 2 aromatic carbocycles. The number of rotatable bonds is 12. The zero-order valence-corrected chi connectivity index (χ0v) is 20.8. The van der Waals surface area contributed by atoms with Gasteiger partial charge in [0.15, 0.2) is 0 Å². The fourth-order valence-electron chi connectivity index (χ4n) is 3.28. The summed E-state index contributed by atoms with van der Waals surface area (Å²) in [6.07, 6.45) is 3.58. The van der Waals surface area contributed by atoms with Gasteiger partial charge < -0.3 is 20.1 Å². The summed E-state index contributed by atoms with van der Waals surface area (Å²) in [5.74, 6) is -0.249. The van der Waals surface area contributed by atoms with Gasteiger partial charge in [0.2, 0.25) is 5.91 Å². The number of amides is 2. The highest BCUT2D eigenvalue weighted by Gasteiger charge is 2.28. The van der Waals surface area contributed by atoms with E-state index in [1.807, 2.05) is 48.5 Å². The van der Waals surface area contributed by atoms with Gasteiger partial charge in [0.05, 0.1) is 5.60 Å². The minimum atomic E-state index is -0.912. The van der Waals surface area contributed by atoms with Gasteiger partial charge in [-0.2, -0.15) is 0 Å². The monoisotopic (exact) mass is 454 g/mol. The summed E-state index contributed by atoms with van der Waals surface area (Å²) >= 11 is 0. The van der Waals surface area contributed by atoms with E-state index in [1.54, 1.807) is 21.0 Å². The van der Waals surface area contributed by atoms with Gasteiger partial charge in [-0.15, -0.1) is 0 Å². The van der Waals surface area contributed by atoms with Crippen LogP contribution in [0.25, 0.3) is 0 Å². The molecule has 0 aliphatic heterocycles. The molecule has 0 heterocycles. The second kappa shape index (κ2) is 12.0. The Morgan fingerprint density at radius 2 is 1.33 bits per heavy atom. The molecule has 6 heteroatoms. The van der Waals surface area contributed by atoms with E-state index in [4.69, 9.17) is 9.47 Å². The average Bonchev–Trinajstić information content (AvgIpc) is 2.75. The number of hydrogen-bond acceptors (Lipinski definition) is 4. The molecule has 0 aromatic heterocycles. The van der Waals surface area contributed by atoms with E-state index in [2.05, 4.69) is 24.5 Å². The zero-order valence-electron chi connectivity index (χ0n) is 20.8. The topological polar surface area (TPSA) is 76.7 Å². The predicted molar refractivity (Wildman–Crippen MR) is 134 cm³/mol. The Hall–Kier alpha value is -2.70. The molecule has 0 radical (unpaired) electrons. The summed E-state index contributed by atoms with van der Waals surface area (Å²) in [5.41, 5.74) is 2.76. The maximum Gasteiger partial charge on any atom is 0.256 e. The van der Waals surface area contributed by atoms with Crippen molar-refractivity contribution in [2.45, 2.75) is 71.5 Å². The summed E-state index contributed by atoms with van der Waals surface area (Å²) in [6, 6.07) is 15.6. The normalized spacial score (nSPS) is 11.8. The lowest BCUT2D eigenvalue weighted by molar-refractivity contribution is -0.137. The van der Waals surface area contributed by atoms with Crippen LogP contribution in [0.5, 0.6) is 0 Å². The molecule has 180 valence electrons. The Balaban J connectivity index is 1.81. The molecule has 0 fully saturated rings. The summed E-state index contributed by atoms with van der Waals surface area (Å²) < 4.78 is 11.3. The van der Waals surface area contributed by atoms with E-state index in [1.165, 1.54) is 6.92 Å². The van der Waals surface area contributed by atoms with Gasteiger partial charge in [-0.3, -0.25) is 9.59 Å². The first-order valence-corrected chi connectivity index (χ1v) is 11.5. The second-order valence-corrected chi connectivity index (χ2v) is 9.49. The number of unbranched alkanes of at least 4 members (excludes halogenated alkanes) is 1. The first-order valence-electron chi connectivity index (χ1n) is 11.5. The Kier molecular flexibility index (Phi) is 9.62. The Labute approximate surface area is 198 Å². The molecule has 0 unspecified atom stereocenters. The summed E-state index contributed by atoms with van der Waals surface area (Å²) in [4.78, 5) is 23.8. The molecule has 0 saturated carbocycles. The van der Waals surface area contributed by atoms with Crippen molar-refractivity contribution in [2.24, 2.45) is 0 Å². The lowest BCUT2D eigenvalue weighted by atomic mass is 10.0. The third-order valence-electron chi connectivity index (χ3n) is 5.63. The third-order valence-corrected chi connectivity index (χ3v) is 5.63. The maximum absolute atomic E-state index is 12.7. The SMILES string of the molecule is COC(C)(C)CCCCOC(C)(C)C(=O)Nc1ccc(Cc2ccc(NC(C)=O)cc2)cc1. The van der Waals surface area contributed by atoms with Crippen molar-refractivity contribution >= 4 is 23.2 Å². The number of benzene rings is 2. The van der Waals surface area contributed by atoms with Crippen LogP contribution in [0.2, 0.25) is 0 Å². The fourth-order valence-corrected chi connectivity index (χ4v) is 3.28. The highest BCUT2D eigenvalue weighted by Crippen LogP contribution is 2.20. The molecule has 0 spiro atoms. The van der Waals surface area contributed by atoms with Crippen molar-refractivity contribution in [3.63, 3.8) is 0 Å². The van der Waals surface area contributed by atoms with E-state index in [-0.39, 0.29) is 17.4 Å². The van der Waals surface area contributed by atoms with Gasteiger partial charge in [-0.1, -0.05) is 24.3 Å². The lowest BCUT2D eigenvalue weighted by Gasteiger charge is -2.25. The number of nitrogens with one attached hydrogen (secondary N) is 2. The van der Waals surface area contributed by atoms with Crippen LogP contribution in [-0.4, -0.2) is 36.7 Å². The molecule has 2 rings (SSSR count). The highest BCUT2D eigenvalue weighted by molar-refractivity contribution is 5.96. The van der Waals surface area contributed by atoms with E-state index in [9.17, 15) is 9.59 Å². The molecule has 33 heavy (non-hydrogen) atoms. The lowest BCUT2D eigenvalue weighted by Crippen LogP contribution is -2.40. The van der Waals surface area contributed by atoms with Crippen LogP contribution in [0, 0.1) is 0 Å². The first kappa shape index (κ1) is 26.6. The van der Waals surface area contributed by atoms with Gasteiger partial charge >= 0.3 is 0 Å². The Morgan fingerprint density at radius 3 is 1.82 bits per heavy atom. The summed E-state index contributed by atoms with van der Waals surface area (Å²) in [7, 11) is 1.73. The number of carbonyl (C=O) groups is 2. The molecule has 2 aromatic rings. The summed E-state index contributed by atoms with van der Waals surface area (Å²) in [5, 5.41) is 5.72. The van der Waals surface area contributed by atoms with Crippen LogP contribution in [0.15, 0.2) is 48.5 Å². The van der Waals surface area contributed by atoms with Gasteiger partial charge in [0, 0.05) is 32.0 Å². The number of carbonyl (C=O) groups excluding carboxylic acids is 2. The molecular formula is C27H38N2O4. The number of ether oxygens (including phenoxy) is 2. The first-order chi connectivity index (χ1) is 15.5. The van der Waals surface area contributed by atoms with Crippen LogP contribution in [0.3, 0.4) is 0 Å². The van der Waals surface area contributed by atoms with Gasteiger partial charge in [0.1, 0.15) is 5.60 Å². The van der Waals surface area contributed by atoms with Crippen LogP contribution >= 0.6 is 0 Å². The molecule has 2 N–H and O–H groups in total. The highest BCUT2D eigenvalue weighted by atomic mass is 16.5.